The Bertz CT molecular complexity index is 1320. The number of halogens is 8. The second kappa shape index (κ2) is 9.69. The molecule has 1 amide bonds. The molecule has 1 N–H and O–H groups in total. The quantitative estimate of drug-likeness (QED) is 0.480. The van der Waals surface area contributed by atoms with Crippen LogP contribution < -0.4 is 10.1 Å². The summed E-state index contributed by atoms with van der Waals surface area (Å²) in [6, 6.07) is 4.10. The maximum atomic E-state index is 15.2. The summed E-state index contributed by atoms with van der Waals surface area (Å²) < 4.78 is 138. The zero-order valence-electron chi connectivity index (χ0n) is 19.4. The molecule has 1 heterocycles. The molecule has 2 aromatic rings. The summed E-state index contributed by atoms with van der Waals surface area (Å²) in [5.74, 6) is -5.35. The van der Waals surface area contributed by atoms with Crippen LogP contribution in [-0.4, -0.2) is 33.7 Å². The normalized spacial score (nSPS) is 23.7. The number of carbonyl (C=O) groups is 1. The van der Waals surface area contributed by atoms with Crippen molar-refractivity contribution < 1.29 is 53.1 Å². The second-order valence-corrected chi connectivity index (χ2v) is 11.6. The maximum absolute atomic E-state index is 15.2. The standard InChI is InChI=1S/C24H21F8NO4S/c25-17-5-6-18(26)21-20(17)22(38(35,36)16-3-1-14(2-4-16)24(30,31)32)8-7-13(9-15(22)11-37-21)10-19(34)33-12-23(27,28)29/h1-6,13,15H,7-12H2,(H,33,34)/t13-,15-,22+/m1/s1. The van der Waals surface area contributed by atoms with Crippen LogP contribution in [0.5, 0.6) is 5.75 Å². The first-order chi connectivity index (χ1) is 17.6. The van der Waals surface area contributed by atoms with Crippen LogP contribution in [0.3, 0.4) is 0 Å². The Kier molecular flexibility index (Phi) is 7.17. The molecule has 1 aliphatic carbocycles. The van der Waals surface area contributed by atoms with Crippen LogP contribution in [0.2, 0.25) is 0 Å². The highest BCUT2D eigenvalue weighted by molar-refractivity contribution is 7.92. The molecule has 0 saturated heterocycles. The van der Waals surface area contributed by atoms with E-state index in [1.165, 1.54) is 0 Å². The summed E-state index contributed by atoms with van der Waals surface area (Å²) >= 11 is 0. The van der Waals surface area contributed by atoms with Gasteiger partial charge in [0.1, 0.15) is 17.1 Å². The highest BCUT2D eigenvalue weighted by atomic mass is 32.2. The monoisotopic (exact) mass is 571 g/mol. The lowest BCUT2D eigenvalue weighted by atomic mass is 9.68. The molecule has 4 rings (SSSR count). The van der Waals surface area contributed by atoms with E-state index in [0.29, 0.717) is 12.1 Å². The van der Waals surface area contributed by atoms with Crippen molar-refractivity contribution >= 4 is 15.7 Å². The lowest BCUT2D eigenvalue weighted by molar-refractivity contribution is -0.139. The number of carbonyl (C=O) groups excluding carboxylic acids is 1. The number of amides is 1. The topological polar surface area (TPSA) is 72.5 Å². The van der Waals surface area contributed by atoms with Crippen LogP contribution >= 0.6 is 0 Å². The van der Waals surface area contributed by atoms with E-state index in [1.54, 1.807) is 5.32 Å². The SMILES string of the molecule is O=C(C[C@@H]1CC[C@@]2(S(=O)(=O)c3ccc(C(F)(F)F)cc3)c3c(F)ccc(F)c3OC[C@H]2C1)NCC(F)(F)F. The second-order valence-electron chi connectivity index (χ2n) is 9.39. The number of sulfone groups is 1. The van der Waals surface area contributed by atoms with Gasteiger partial charge in [0.05, 0.1) is 22.6 Å². The van der Waals surface area contributed by atoms with Crippen LogP contribution in [0.4, 0.5) is 35.1 Å². The maximum Gasteiger partial charge on any atom is 0.416 e. The fourth-order valence-electron chi connectivity index (χ4n) is 5.36. The number of benzene rings is 2. The number of hydrogen-bond acceptors (Lipinski definition) is 4. The van der Waals surface area contributed by atoms with E-state index in [9.17, 15) is 43.9 Å². The van der Waals surface area contributed by atoms with E-state index in [4.69, 9.17) is 4.74 Å². The Balaban J connectivity index is 1.74. The first kappa shape index (κ1) is 28.1. The molecular formula is C24H21F8NO4S. The van der Waals surface area contributed by atoms with Crippen molar-refractivity contribution in [2.75, 3.05) is 13.2 Å². The van der Waals surface area contributed by atoms with Crippen LogP contribution in [0.25, 0.3) is 0 Å². The first-order valence-corrected chi connectivity index (χ1v) is 12.9. The minimum atomic E-state index is -4.74. The summed E-state index contributed by atoms with van der Waals surface area (Å²) in [7, 11) is -4.68. The summed E-state index contributed by atoms with van der Waals surface area (Å²) in [6.07, 6.45) is -10.3. The van der Waals surface area contributed by atoms with Crippen molar-refractivity contribution in [2.45, 2.75) is 47.7 Å². The third-order valence-corrected chi connectivity index (χ3v) is 9.64. The van der Waals surface area contributed by atoms with Gasteiger partial charge in [0.25, 0.3) is 0 Å². The summed E-state index contributed by atoms with van der Waals surface area (Å²) in [5.41, 5.74) is -1.70. The molecule has 0 spiro atoms. The molecule has 0 radical (unpaired) electrons. The molecule has 0 bridgehead atoms. The van der Waals surface area contributed by atoms with Gasteiger partial charge in [-0.15, -0.1) is 0 Å². The summed E-state index contributed by atoms with van der Waals surface area (Å²) in [6.45, 7) is -1.97. The largest absolute Gasteiger partial charge is 0.490 e. The molecule has 208 valence electrons. The fourth-order valence-corrected chi connectivity index (χ4v) is 7.72. The van der Waals surface area contributed by atoms with Crippen LogP contribution in [0.15, 0.2) is 41.3 Å². The minimum absolute atomic E-state index is 0.0643. The Labute approximate surface area is 212 Å². The Morgan fingerprint density at radius 2 is 1.63 bits per heavy atom. The Hall–Kier alpha value is -2.90. The predicted octanol–water partition coefficient (Wildman–Crippen LogP) is 5.53. The molecule has 2 aliphatic rings. The number of rotatable bonds is 5. The van der Waals surface area contributed by atoms with Crippen molar-refractivity contribution in [3.05, 3.63) is 59.2 Å². The molecule has 5 nitrogen and oxygen atoms in total. The van der Waals surface area contributed by atoms with Gasteiger partial charge in [-0.3, -0.25) is 4.79 Å². The van der Waals surface area contributed by atoms with Crippen molar-refractivity contribution in [3.8, 4) is 5.75 Å². The van der Waals surface area contributed by atoms with E-state index in [-0.39, 0.29) is 25.7 Å². The molecular weight excluding hydrogens is 550 g/mol. The predicted molar refractivity (Wildman–Crippen MR) is 117 cm³/mol. The zero-order valence-corrected chi connectivity index (χ0v) is 20.2. The van der Waals surface area contributed by atoms with E-state index < -0.39 is 91.2 Å². The lowest BCUT2D eigenvalue weighted by Crippen LogP contribution is -2.52. The number of hydrogen-bond donors (Lipinski definition) is 1. The molecule has 0 unspecified atom stereocenters. The smallest absolute Gasteiger partial charge is 0.416 e. The molecule has 1 saturated carbocycles. The number of nitrogens with one attached hydrogen (secondary N) is 1. The fraction of sp³-hybridized carbons (Fsp3) is 0.458. The number of fused-ring (bicyclic) bond motifs is 3. The average molecular weight is 571 g/mol. The van der Waals surface area contributed by atoms with Gasteiger partial charge in [-0.05, 0) is 61.6 Å². The average Bonchev–Trinajstić information content (AvgIpc) is 2.83. The van der Waals surface area contributed by atoms with Gasteiger partial charge >= 0.3 is 12.4 Å². The van der Waals surface area contributed by atoms with Gasteiger partial charge in [0.15, 0.2) is 21.4 Å². The summed E-state index contributed by atoms with van der Waals surface area (Å²) in [4.78, 5) is 11.5. The molecule has 2 aromatic carbocycles. The van der Waals surface area contributed by atoms with Gasteiger partial charge in [-0.1, -0.05) is 0 Å². The molecule has 38 heavy (non-hydrogen) atoms. The van der Waals surface area contributed by atoms with E-state index in [1.807, 2.05) is 0 Å². The number of alkyl halides is 6. The lowest BCUT2D eigenvalue weighted by Gasteiger charge is -2.49. The summed E-state index contributed by atoms with van der Waals surface area (Å²) in [5, 5.41) is 1.74. The van der Waals surface area contributed by atoms with Crippen LogP contribution in [0, 0.1) is 23.5 Å². The van der Waals surface area contributed by atoms with Gasteiger partial charge in [-0.2, -0.15) is 26.3 Å². The highest BCUT2D eigenvalue weighted by Crippen LogP contribution is 2.57. The Morgan fingerprint density at radius 3 is 2.24 bits per heavy atom. The molecule has 3 atom stereocenters. The molecule has 1 aliphatic heterocycles. The molecule has 1 fully saturated rings. The zero-order chi connectivity index (χ0) is 28.1. The van der Waals surface area contributed by atoms with Crippen molar-refractivity contribution in [1.82, 2.24) is 5.32 Å². The van der Waals surface area contributed by atoms with Crippen molar-refractivity contribution in [1.29, 1.82) is 0 Å². The van der Waals surface area contributed by atoms with Gasteiger partial charge < -0.3 is 10.1 Å². The first-order valence-electron chi connectivity index (χ1n) is 11.4. The highest BCUT2D eigenvalue weighted by Gasteiger charge is 2.59. The van der Waals surface area contributed by atoms with E-state index >= 15 is 4.39 Å². The van der Waals surface area contributed by atoms with Crippen molar-refractivity contribution in [3.63, 3.8) is 0 Å². The minimum Gasteiger partial charge on any atom is -0.490 e. The van der Waals surface area contributed by atoms with Crippen molar-refractivity contribution in [2.24, 2.45) is 11.8 Å². The van der Waals surface area contributed by atoms with Crippen LogP contribution in [-0.2, 0) is 25.6 Å². The van der Waals surface area contributed by atoms with Gasteiger partial charge in [0.2, 0.25) is 5.91 Å². The van der Waals surface area contributed by atoms with Gasteiger partial charge in [-0.25, -0.2) is 17.2 Å². The third-order valence-electron chi connectivity index (χ3n) is 7.04. The molecule has 14 heteroatoms. The molecule has 0 aromatic heterocycles. The number of ether oxygens (including phenoxy) is 1. The van der Waals surface area contributed by atoms with E-state index in [0.717, 1.165) is 24.3 Å². The van der Waals surface area contributed by atoms with Gasteiger partial charge in [0, 0.05) is 12.3 Å². The van der Waals surface area contributed by atoms with E-state index in [2.05, 4.69) is 0 Å². The third kappa shape index (κ3) is 5.06. The van der Waals surface area contributed by atoms with Crippen LogP contribution in [0.1, 0.15) is 36.8 Å². The Morgan fingerprint density at radius 1 is 1.00 bits per heavy atom.